The minimum absolute atomic E-state index is 0.137. The highest BCUT2D eigenvalue weighted by atomic mass is 32.1. The van der Waals surface area contributed by atoms with Gasteiger partial charge in [0.2, 0.25) is 0 Å². The Bertz CT molecular complexity index is 400. The van der Waals surface area contributed by atoms with Crippen LogP contribution in [-0.2, 0) is 6.42 Å². The lowest BCUT2D eigenvalue weighted by molar-refractivity contribution is 0.1000. The first-order valence-electron chi connectivity index (χ1n) is 4.96. The minimum Gasteiger partial charge on any atom is -0.396 e. The maximum absolute atomic E-state index is 11.3. The summed E-state index contributed by atoms with van der Waals surface area (Å²) in [6.45, 7) is 0.137. The van der Waals surface area contributed by atoms with Crippen molar-refractivity contribution >= 4 is 22.2 Å². The number of hydrogen-bond donors (Lipinski definition) is 3. The molecule has 4 nitrogen and oxygen atoms in total. The molecule has 0 fully saturated rings. The quantitative estimate of drug-likeness (QED) is 0.713. The largest absolute Gasteiger partial charge is 0.396 e. The summed E-state index contributed by atoms with van der Waals surface area (Å²) in [7, 11) is 0. The van der Waals surface area contributed by atoms with Crippen molar-refractivity contribution in [1.29, 1.82) is 0 Å². The van der Waals surface area contributed by atoms with Crippen LogP contribution in [0.2, 0.25) is 0 Å². The number of primary amides is 1. The van der Waals surface area contributed by atoms with Gasteiger partial charge in [0, 0.05) is 11.5 Å². The Labute approximate surface area is 91.9 Å². The number of aliphatic hydroxyl groups excluding tert-OH is 1. The Hall–Kier alpha value is -1.07. The molecule has 0 aliphatic heterocycles. The molecule has 1 aliphatic rings. The zero-order chi connectivity index (χ0) is 11.0. The molecule has 0 bridgehead atoms. The second-order valence-electron chi connectivity index (χ2n) is 3.79. The number of carbonyl (C=O) groups is 1. The summed E-state index contributed by atoms with van der Waals surface area (Å²) in [5, 5.41) is 9.47. The number of thiophene rings is 1. The third-order valence-electron chi connectivity index (χ3n) is 2.90. The summed E-state index contributed by atoms with van der Waals surface area (Å²) in [6, 6.07) is 0. The third-order valence-corrected chi connectivity index (χ3v) is 4.00. The van der Waals surface area contributed by atoms with Crippen molar-refractivity contribution in [2.24, 2.45) is 5.73 Å². The van der Waals surface area contributed by atoms with Gasteiger partial charge in [0.05, 0.1) is 10.6 Å². The van der Waals surface area contributed by atoms with E-state index in [-0.39, 0.29) is 12.5 Å². The van der Waals surface area contributed by atoms with Gasteiger partial charge in [-0.25, -0.2) is 0 Å². The van der Waals surface area contributed by atoms with Gasteiger partial charge in [-0.05, 0) is 30.7 Å². The molecule has 0 radical (unpaired) electrons. The average Bonchev–Trinajstić information content (AvgIpc) is 2.65. The van der Waals surface area contributed by atoms with Crippen molar-refractivity contribution < 1.29 is 9.90 Å². The SMILES string of the molecule is NC(=O)c1c(N)sc2c1C(CCO)CC2. The zero-order valence-electron chi connectivity index (χ0n) is 8.32. The molecule has 0 saturated carbocycles. The van der Waals surface area contributed by atoms with Crippen molar-refractivity contribution in [3.63, 3.8) is 0 Å². The molecule has 1 amide bonds. The van der Waals surface area contributed by atoms with Gasteiger partial charge < -0.3 is 16.6 Å². The van der Waals surface area contributed by atoms with E-state index in [9.17, 15) is 4.79 Å². The number of amides is 1. The predicted molar refractivity (Wildman–Crippen MR) is 60.0 cm³/mol. The number of nitrogens with two attached hydrogens (primary N) is 2. The number of aliphatic hydroxyl groups is 1. The van der Waals surface area contributed by atoms with Crippen molar-refractivity contribution in [2.75, 3.05) is 12.3 Å². The van der Waals surface area contributed by atoms with Crippen LogP contribution in [0.5, 0.6) is 0 Å². The molecule has 82 valence electrons. The van der Waals surface area contributed by atoms with Gasteiger partial charge in [0.15, 0.2) is 0 Å². The average molecular weight is 226 g/mol. The Morgan fingerprint density at radius 2 is 2.33 bits per heavy atom. The second kappa shape index (κ2) is 3.83. The van der Waals surface area contributed by atoms with E-state index >= 15 is 0 Å². The molecule has 0 saturated heterocycles. The molecule has 1 aromatic rings. The molecule has 5 N–H and O–H groups in total. The summed E-state index contributed by atoms with van der Waals surface area (Å²) in [4.78, 5) is 12.4. The Balaban J connectivity index is 2.44. The van der Waals surface area contributed by atoms with Crippen LogP contribution in [0.25, 0.3) is 0 Å². The first kappa shape index (κ1) is 10.4. The number of nitrogen functional groups attached to an aromatic ring is 1. The number of anilines is 1. The van der Waals surface area contributed by atoms with Crippen molar-refractivity contribution in [3.05, 3.63) is 16.0 Å². The van der Waals surface area contributed by atoms with Gasteiger partial charge in [-0.1, -0.05) is 0 Å². The monoisotopic (exact) mass is 226 g/mol. The number of aryl methyl sites for hydroxylation is 1. The summed E-state index contributed by atoms with van der Waals surface area (Å²) in [5.41, 5.74) is 12.6. The molecule has 5 heteroatoms. The van der Waals surface area contributed by atoms with Gasteiger partial charge >= 0.3 is 0 Å². The number of fused-ring (bicyclic) bond motifs is 1. The Morgan fingerprint density at radius 1 is 1.60 bits per heavy atom. The number of rotatable bonds is 3. The first-order chi connectivity index (χ1) is 7.15. The van der Waals surface area contributed by atoms with Crippen molar-refractivity contribution in [2.45, 2.75) is 25.2 Å². The van der Waals surface area contributed by atoms with Crippen LogP contribution in [0.4, 0.5) is 5.00 Å². The minimum atomic E-state index is -0.449. The lowest BCUT2D eigenvalue weighted by atomic mass is 9.96. The van der Waals surface area contributed by atoms with Crippen LogP contribution < -0.4 is 11.5 Å². The highest BCUT2D eigenvalue weighted by Gasteiger charge is 2.31. The molecule has 1 aliphatic carbocycles. The molecule has 1 heterocycles. The van der Waals surface area contributed by atoms with Gasteiger partial charge in [-0.3, -0.25) is 4.79 Å². The Kier molecular flexibility index (Phi) is 2.67. The molecule has 0 spiro atoms. The van der Waals surface area contributed by atoms with Gasteiger partial charge in [-0.2, -0.15) is 0 Å². The fourth-order valence-corrected chi connectivity index (χ4v) is 3.45. The fraction of sp³-hybridized carbons (Fsp3) is 0.500. The lowest BCUT2D eigenvalue weighted by Gasteiger charge is -2.09. The summed E-state index contributed by atoms with van der Waals surface area (Å²) in [6.07, 6.45) is 2.62. The molecule has 1 atom stereocenters. The number of carbonyl (C=O) groups excluding carboxylic acids is 1. The molecule has 0 aromatic carbocycles. The molecule has 1 aromatic heterocycles. The van der Waals surface area contributed by atoms with Crippen LogP contribution >= 0.6 is 11.3 Å². The van der Waals surface area contributed by atoms with E-state index in [2.05, 4.69) is 0 Å². The smallest absolute Gasteiger partial charge is 0.251 e. The van der Waals surface area contributed by atoms with E-state index in [1.807, 2.05) is 0 Å². The van der Waals surface area contributed by atoms with E-state index in [1.165, 1.54) is 16.2 Å². The van der Waals surface area contributed by atoms with E-state index in [0.717, 1.165) is 18.4 Å². The van der Waals surface area contributed by atoms with Gasteiger partial charge in [-0.15, -0.1) is 11.3 Å². The van der Waals surface area contributed by atoms with Crippen molar-refractivity contribution in [1.82, 2.24) is 0 Å². The lowest BCUT2D eigenvalue weighted by Crippen LogP contribution is -2.15. The summed E-state index contributed by atoms with van der Waals surface area (Å²) < 4.78 is 0. The van der Waals surface area contributed by atoms with Crippen LogP contribution in [0.1, 0.15) is 39.6 Å². The highest BCUT2D eigenvalue weighted by Crippen LogP contribution is 2.44. The predicted octanol–water partition coefficient (Wildman–Crippen LogP) is 0.841. The summed E-state index contributed by atoms with van der Waals surface area (Å²) in [5.74, 6) is -0.198. The van der Waals surface area contributed by atoms with Crippen LogP contribution in [0.15, 0.2) is 0 Å². The molecule has 1 unspecified atom stereocenters. The normalized spacial score (nSPS) is 19.1. The molecular weight excluding hydrogens is 212 g/mol. The van der Waals surface area contributed by atoms with Crippen LogP contribution in [-0.4, -0.2) is 17.6 Å². The standard InChI is InChI=1S/C10H14N2O2S/c11-9(14)8-7-5(3-4-13)1-2-6(7)15-10(8)12/h5,13H,1-4,12H2,(H2,11,14). The van der Waals surface area contributed by atoms with E-state index in [4.69, 9.17) is 16.6 Å². The highest BCUT2D eigenvalue weighted by molar-refractivity contribution is 7.16. The van der Waals surface area contributed by atoms with Crippen molar-refractivity contribution in [3.8, 4) is 0 Å². The second-order valence-corrected chi connectivity index (χ2v) is 4.93. The molecule has 2 rings (SSSR count). The molecule has 15 heavy (non-hydrogen) atoms. The maximum Gasteiger partial charge on any atom is 0.251 e. The van der Waals surface area contributed by atoms with Gasteiger partial charge in [0.1, 0.15) is 0 Å². The third kappa shape index (κ3) is 1.61. The topological polar surface area (TPSA) is 89.3 Å². The maximum atomic E-state index is 11.3. The van der Waals surface area contributed by atoms with Crippen LogP contribution in [0, 0.1) is 0 Å². The summed E-state index contributed by atoms with van der Waals surface area (Å²) >= 11 is 1.46. The molecular formula is C10H14N2O2S. The fourth-order valence-electron chi connectivity index (χ4n) is 2.28. The Morgan fingerprint density at radius 3 is 2.93 bits per heavy atom. The number of hydrogen-bond acceptors (Lipinski definition) is 4. The van der Waals surface area contributed by atoms with E-state index in [0.29, 0.717) is 17.0 Å². The zero-order valence-corrected chi connectivity index (χ0v) is 9.14. The van der Waals surface area contributed by atoms with Crippen LogP contribution in [0.3, 0.4) is 0 Å². The first-order valence-corrected chi connectivity index (χ1v) is 5.78. The van der Waals surface area contributed by atoms with E-state index < -0.39 is 5.91 Å². The van der Waals surface area contributed by atoms with E-state index in [1.54, 1.807) is 0 Å². The van der Waals surface area contributed by atoms with Gasteiger partial charge in [0.25, 0.3) is 5.91 Å².